The Labute approximate surface area is 124 Å². The minimum atomic E-state index is -0.799. The lowest BCUT2D eigenvalue weighted by atomic mass is 9.91. The fourth-order valence-electron chi connectivity index (χ4n) is 2.12. The summed E-state index contributed by atoms with van der Waals surface area (Å²) in [6.45, 7) is 3.25. The lowest BCUT2D eigenvalue weighted by Crippen LogP contribution is -2.45. The molecule has 2 aromatic rings. The molecular weight excluding hydrogens is 272 g/mol. The average Bonchev–Trinajstić information content (AvgIpc) is 2.89. The molecule has 1 N–H and O–H groups in total. The molecule has 20 heavy (non-hydrogen) atoms. The highest BCUT2D eigenvalue weighted by Crippen LogP contribution is 2.23. The van der Waals surface area contributed by atoms with Crippen LogP contribution in [0, 0.1) is 11.3 Å². The highest BCUT2D eigenvalue weighted by molar-refractivity contribution is 6.30. The smallest absolute Gasteiger partial charge is 0.152 e. The van der Waals surface area contributed by atoms with E-state index in [1.54, 1.807) is 17.1 Å². The molecule has 104 valence electrons. The molecule has 1 atom stereocenters. The van der Waals surface area contributed by atoms with Crippen molar-refractivity contribution in [1.82, 2.24) is 15.1 Å². The van der Waals surface area contributed by atoms with Crippen LogP contribution in [0.25, 0.3) is 0 Å². The van der Waals surface area contributed by atoms with Crippen LogP contribution in [0.4, 0.5) is 0 Å². The van der Waals surface area contributed by atoms with Gasteiger partial charge in [-0.15, -0.1) is 0 Å². The molecule has 1 unspecified atom stereocenters. The first-order chi connectivity index (χ1) is 9.70. The third-order valence-corrected chi connectivity index (χ3v) is 3.33. The van der Waals surface area contributed by atoms with Gasteiger partial charge in [-0.2, -0.15) is 10.4 Å². The van der Waals surface area contributed by atoms with E-state index in [-0.39, 0.29) is 0 Å². The van der Waals surface area contributed by atoms with Crippen molar-refractivity contribution in [2.24, 2.45) is 0 Å². The van der Waals surface area contributed by atoms with Crippen molar-refractivity contribution in [1.29, 1.82) is 5.26 Å². The Morgan fingerprint density at radius 2 is 2.15 bits per heavy atom. The summed E-state index contributed by atoms with van der Waals surface area (Å²) in [4.78, 5) is 0. The van der Waals surface area contributed by atoms with Crippen molar-refractivity contribution in [2.45, 2.75) is 25.4 Å². The van der Waals surface area contributed by atoms with E-state index in [9.17, 15) is 5.26 Å². The zero-order valence-corrected chi connectivity index (χ0v) is 12.1. The Morgan fingerprint density at radius 1 is 1.40 bits per heavy atom. The fraction of sp³-hybridized carbons (Fsp3) is 0.333. The van der Waals surface area contributed by atoms with Gasteiger partial charge in [0.05, 0.1) is 23.8 Å². The van der Waals surface area contributed by atoms with Crippen molar-refractivity contribution in [3.05, 3.63) is 53.3 Å². The average molecular weight is 289 g/mol. The van der Waals surface area contributed by atoms with Crippen LogP contribution in [0.5, 0.6) is 0 Å². The van der Waals surface area contributed by atoms with Gasteiger partial charge in [0.1, 0.15) is 0 Å². The summed E-state index contributed by atoms with van der Waals surface area (Å²) in [6, 6.07) is 12.1. The van der Waals surface area contributed by atoms with Gasteiger partial charge in [-0.25, -0.2) is 0 Å². The summed E-state index contributed by atoms with van der Waals surface area (Å²) in [5, 5.41) is 17.8. The molecule has 0 saturated heterocycles. The maximum atomic E-state index is 9.74. The molecule has 2 rings (SSSR count). The number of benzene rings is 1. The molecule has 1 aromatic heterocycles. The number of halogens is 1. The lowest BCUT2D eigenvalue weighted by Gasteiger charge is -2.28. The molecule has 5 heteroatoms. The Hall–Kier alpha value is -1.83. The molecule has 0 aliphatic rings. The van der Waals surface area contributed by atoms with Gasteiger partial charge in [0.25, 0.3) is 0 Å². The number of nitrogens with zero attached hydrogens (tertiary/aromatic N) is 3. The van der Waals surface area contributed by atoms with Crippen LogP contribution in [-0.2, 0) is 12.1 Å². The van der Waals surface area contributed by atoms with Gasteiger partial charge in [0.15, 0.2) is 5.54 Å². The van der Waals surface area contributed by atoms with E-state index >= 15 is 0 Å². The van der Waals surface area contributed by atoms with Gasteiger partial charge in [0, 0.05) is 6.20 Å². The van der Waals surface area contributed by atoms with Gasteiger partial charge in [-0.3, -0.25) is 10.00 Å². The van der Waals surface area contributed by atoms with Gasteiger partial charge < -0.3 is 0 Å². The summed E-state index contributed by atoms with van der Waals surface area (Å²) in [7, 11) is 0. The molecule has 0 fully saturated rings. The topological polar surface area (TPSA) is 53.6 Å². The van der Waals surface area contributed by atoms with E-state index in [0.717, 1.165) is 18.5 Å². The van der Waals surface area contributed by atoms with Crippen LogP contribution in [0.1, 0.15) is 18.9 Å². The standard InChI is InChI=1S/C15H17ClN4/c1-2-8-18-15(11-17,13-6-4-3-5-7-13)12-20-10-14(16)9-19-20/h3-7,9-10,18H,2,8,12H2,1H3. The molecule has 0 spiro atoms. The SMILES string of the molecule is CCCNC(C#N)(Cn1cc(Cl)cn1)c1ccccc1. The molecule has 0 aliphatic carbocycles. The molecular formula is C15H17ClN4. The predicted molar refractivity (Wildman–Crippen MR) is 79.3 cm³/mol. The van der Waals surface area contributed by atoms with E-state index in [2.05, 4.69) is 23.4 Å². The molecule has 0 radical (unpaired) electrons. The first kappa shape index (κ1) is 14.6. The zero-order valence-electron chi connectivity index (χ0n) is 11.4. The Kier molecular flexibility index (Phi) is 4.78. The Balaban J connectivity index is 2.35. The van der Waals surface area contributed by atoms with Crippen molar-refractivity contribution in [3.63, 3.8) is 0 Å². The number of nitriles is 1. The summed E-state index contributed by atoms with van der Waals surface area (Å²) in [5.41, 5.74) is 0.134. The summed E-state index contributed by atoms with van der Waals surface area (Å²) in [6.07, 6.45) is 4.26. The summed E-state index contributed by atoms with van der Waals surface area (Å²) >= 11 is 5.90. The van der Waals surface area contributed by atoms with E-state index < -0.39 is 5.54 Å². The van der Waals surface area contributed by atoms with Crippen molar-refractivity contribution < 1.29 is 0 Å². The second kappa shape index (κ2) is 6.56. The normalized spacial score (nSPS) is 13.7. The molecule has 0 bridgehead atoms. The highest BCUT2D eigenvalue weighted by Gasteiger charge is 2.32. The molecule has 1 heterocycles. The molecule has 0 aliphatic heterocycles. The van der Waals surface area contributed by atoms with Gasteiger partial charge in [0.2, 0.25) is 0 Å². The number of hydrogen-bond acceptors (Lipinski definition) is 3. The number of nitrogens with one attached hydrogen (secondary N) is 1. The maximum absolute atomic E-state index is 9.74. The Bertz CT molecular complexity index is 587. The van der Waals surface area contributed by atoms with Gasteiger partial charge in [-0.1, -0.05) is 48.9 Å². The predicted octanol–water partition coefficient (Wildman–Crippen LogP) is 2.96. The first-order valence-electron chi connectivity index (χ1n) is 6.60. The van der Waals surface area contributed by atoms with E-state index in [0.29, 0.717) is 11.6 Å². The molecule has 1 aromatic carbocycles. The monoisotopic (exact) mass is 288 g/mol. The summed E-state index contributed by atoms with van der Waals surface area (Å²) in [5.74, 6) is 0. The van der Waals surface area contributed by atoms with Crippen LogP contribution in [0.2, 0.25) is 5.02 Å². The van der Waals surface area contributed by atoms with E-state index in [1.165, 1.54) is 0 Å². The molecule has 4 nitrogen and oxygen atoms in total. The number of aromatic nitrogens is 2. The summed E-state index contributed by atoms with van der Waals surface area (Å²) < 4.78 is 1.70. The van der Waals surface area contributed by atoms with E-state index in [4.69, 9.17) is 11.6 Å². The third kappa shape index (κ3) is 3.19. The minimum absolute atomic E-state index is 0.417. The quantitative estimate of drug-likeness (QED) is 0.889. The third-order valence-electron chi connectivity index (χ3n) is 3.14. The number of rotatable bonds is 6. The molecule has 0 amide bonds. The van der Waals surface area contributed by atoms with Gasteiger partial charge in [-0.05, 0) is 18.5 Å². The fourth-order valence-corrected chi connectivity index (χ4v) is 2.27. The van der Waals surface area contributed by atoms with Crippen LogP contribution in [0.3, 0.4) is 0 Å². The lowest BCUT2D eigenvalue weighted by molar-refractivity contribution is 0.352. The van der Waals surface area contributed by atoms with Crippen LogP contribution < -0.4 is 5.32 Å². The van der Waals surface area contributed by atoms with E-state index in [1.807, 2.05) is 30.3 Å². The minimum Gasteiger partial charge on any atom is -0.294 e. The van der Waals surface area contributed by atoms with Crippen LogP contribution in [-0.4, -0.2) is 16.3 Å². The van der Waals surface area contributed by atoms with Gasteiger partial charge >= 0.3 is 0 Å². The van der Waals surface area contributed by atoms with Crippen LogP contribution in [0.15, 0.2) is 42.7 Å². The first-order valence-corrected chi connectivity index (χ1v) is 6.98. The zero-order chi connectivity index (χ0) is 14.4. The van der Waals surface area contributed by atoms with Crippen molar-refractivity contribution in [3.8, 4) is 6.07 Å². The highest BCUT2D eigenvalue weighted by atomic mass is 35.5. The van der Waals surface area contributed by atoms with Crippen molar-refractivity contribution in [2.75, 3.05) is 6.54 Å². The Morgan fingerprint density at radius 3 is 2.70 bits per heavy atom. The van der Waals surface area contributed by atoms with Crippen LogP contribution >= 0.6 is 11.6 Å². The maximum Gasteiger partial charge on any atom is 0.152 e. The van der Waals surface area contributed by atoms with Crippen molar-refractivity contribution >= 4 is 11.6 Å². The number of hydrogen-bond donors (Lipinski definition) is 1. The second-order valence-electron chi connectivity index (χ2n) is 4.67. The second-order valence-corrected chi connectivity index (χ2v) is 5.10. The largest absolute Gasteiger partial charge is 0.294 e. The molecule has 0 saturated carbocycles.